The van der Waals surface area contributed by atoms with Gasteiger partial charge in [-0.1, -0.05) is 27.5 Å². The number of anilines is 1. The maximum Gasteiger partial charge on any atom is 0.228 e. The molecule has 1 aliphatic rings. The SMILES string of the molecule is Cc1cc(Br)ccc1NC(=O)Cc1cc(Cl)c2c(c1)OCCO2. The first-order chi connectivity index (χ1) is 11.0. The highest BCUT2D eigenvalue weighted by Crippen LogP contribution is 2.38. The van der Waals surface area contributed by atoms with Gasteiger partial charge in [0.25, 0.3) is 0 Å². The number of fused-ring (bicyclic) bond motifs is 1. The Morgan fingerprint density at radius 3 is 2.83 bits per heavy atom. The molecule has 0 unspecified atom stereocenters. The Balaban J connectivity index is 1.74. The van der Waals surface area contributed by atoms with Crippen LogP contribution < -0.4 is 14.8 Å². The zero-order valence-electron chi connectivity index (χ0n) is 12.5. The van der Waals surface area contributed by atoms with Crippen molar-refractivity contribution >= 4 is 39.1 Å². The van der Waals surface area contributed by atoms with Crippen LogP contribution in [0.1, 0.15) is 11.1 Å². The summed E-state index contributed by atoms with van der Waals surface area (Å²) in [5.74, 6) is 1.03. The van der Waals surface area contributed by atoms with E-state index in [0.29, 0.717) is 29.7 Å². The van der Waals surface area contributed by atoms with E-state index < -0.39 is 0 Å². The van der Waals surface area contributed by atoms with Gasteiger partial charge in [0.1, 0.15) is 13.2 Å². The molecule has 1 N–H and O–H groups in total. The lowest BCUT2D eigenvalue weighted by molar-refractivity contribution is -0.115. The molecule has 1 heterocycles. The van der Waals surface area contributed by atoms with Crippen LogP contribution in [0.5, 0.6) is 11.5 Å². The van der Waals surface area contributed by atoms with Crippen LogP contribution in [-0.2, 0) is 11.2 Å². The van der Waals surface area contributed by atoms with E-state index in [9.17, 15) is 4.79 Å². The van der Waals surface area contributed by atoms with Crippen molar-refractivity contribution in [3.8, 4) is 11.5 Å². The quantitative estimate of drug-likeness (QED) is 0.838. The third-order valence-electron chi connectivity index (χ3n) is 3.48. The summed E-state index contributed by atoms with van der Waals surface area (Å²) in [6.45, 7) is 2.91. The van der Waals surface area contributed by atoms with Crippen molar-refractivity contribution in [2.75, 3.05) is 18.5 Å². The molecule has 2 aromatic carbocycles. The van der Waals surface area contributed by atoms with Gasteiger partial charge in [0.15, 0.2) is 11.5 Å². The average molecular weight is 397 g/mol. The highest BCUT2D eigenvalue weighted by atomic mass is 79.9. The Bertz CT molecular complexity index is 764. The first-order valence-corrected chi connectivity index (χ1v) is 8.34. The minimum atomic E-state index is -0.108. The maximum atomic E-state index is 12.3. The highest BCUT2D eigenvalue weighted by Gasteiger charge is 2.17. The molecule has 6 heteroatoms. The lowest BCUT2D eigenvalue weighted by Crippen LogP contribution is -2.17. The summed E-state index contributed by atoms with van der Waals surface area (Å²) in [5.41, 5.74) is 2.57. The minimum absolute atomic E-state index is 0.108. The molecule has 0 aliphatic carbocycles. The number of halogens is 2. The molecule has 0 bridgehead atoms. The van der Waals surface area contributed by atoms with E-state index in [0.717, 1.165) is 21.3 Å². The maximum absolute atomic E-state index is 12.3. The predicted octanol–water partition coefficient (Wildman–Crippen LogP) is 4.36. The van der Waals surface area contributed by atoms with Crippen molar-refractivity contribution in [1.29, 1.82) is 0 Å². The number of nitrogens with one attached hydrogen (secondary N) is 1. The number of rotatable bonds is 3. The van der Waals surface area contributed by atoms with Gasteiger partial charge in [-0.05, 0) is 48.4 Å². The molecular weight excluding hydrogens is 382 g/mol. The molecule has 0 atom stereocenters. The largest absolute Gasteiger partial charge is 0.486 e. The van der Waals surface area contributed by atoms with E-state index in [2.05, 4.69) is 21.2 Å². The van der Waals surface area contributed by atoms with Crippen LogP contribution in [0.4, 0.5) is 5.69 Å². The van der Waals surface area contributed by atoms with Crippen LogP contribution in [0.25, 0.3) is 0 Å². The molecule has 0 aromatic heterocycles. The van der Waals surface area contributed by atoms with Gasteiger partial charge in [0, 0.05) is 10.2 Å². The first kappa shape index (κ1) is 16.1. The molecule has 3 rings (SSSR count). The van der Waals surface area contributed by atoms with E-state index in [4.69, 9.17) is 21.1 Å². The highest BCUT2D eigenvalue weighted by molar-refractivity contribution is 9.10. The molecule has 0 fully saturated rings. The lowest BCUT2D eigenvalue weighted by Gasteiger charge is -2.20. The normalized spacial score (nSPS) is 12.8. The first-order valence-electron chi connectivity index (χ1n) is 7.17. The van der Waals surface area contributed by atoms with Crippen molar-refractivity contribution in [3.63, 3.8) is 0 Å². The fraction of sp³-hybridized carbons (Fsp3) is 0.235. The number of hydrogen-bond acceptors (Lipinski definition) is 3. The predicted molar refractivity (Wildman–Crippen MR) is 93.7 cm³/mol. The van der Waals surface area contributed by atoms with Gasteiger partial charge >= 0.3 is 0 Å². The Morgan fingerprint density at radius 1 is 1.26 bits per heavy atom. The van der Waals surface area contributed by atoms with E-state index in [-0.39, 0.29) is 12.3 Å². The van der Waals surface area contributed by atoms with Crippen molar-refractivity contribution in [2.24, 2.45) is 0 Å². The molecule has 1 aliphatic heterocycles. The minimum Gasteiger partial charge on any atom is -0.486 e. The standard InChI is InChI=1S/C17H15BrClNO3/c1-10-6-12(18)2-3-14(10)20-16(21)9-11-7-13(19)17-15(8-11)22-4-5-23-17/h2-3,6-8H,4-5,9H2,1H3,(H,20,21). The van der Waals surface area contributed by atoms with Crippen LogP contribution in [0.15, 0.2) is 34.8 Å². The fourth-order valence-electron chi connectivity index (χ4n) is 2.41. The van der Waals surface area contributed by atoms with Crippen molar-refractivity contribution < 1.29 is 14.3 Å². The summed E-state index contributed by atoms with van der Waals surface area (Å²) in [6.07, 6.45) is 0.214. The zero-order chi connectivity index (χ0) is 16.4. The van der Waals surface area contributed by atoms with Crippen molar-refractivity contribution in [3.05, 3.63) is 51.0 Å². The molecule has 0 saturated carbocycles. The summed E-state index contributed by atoms with van der Waals surface area (Å²) in [6, 6.07) is 9.26. The van der Waals surface area contributed by atoms with E-state index in [1.165, 1.54) is 0 Å². The van der Waals surface area contributed by atoms with E-state index >= 15 is 0 Å². The third kappa shape index (κ3) is 3.79. The smallest absolute Gasteiger partial charge is 0.228 e. The topological polar surface area (TPSA) is 47.6 Å². The Morgan fingerprint density at radius 2 is 2.04 bits per heavy atom. The van der Waals surface area contributed by atoms with Crippen LogP contribution in [0, 0.1) is 6.92 Å². The van der Waals surface area contributed by atoms with Crippen LogP contribution in [0.3, 0.4) is 0 Å². The number of hydrogen-bond donors (Lipinski definition) is 1. The summed E-state index contributed by atoms with van der Waals surface area (Å²) < 4.78 is 12.0. The van der Waals surface area contributed by atoms with Gasteiger partial charge in [-0.2, -0.15) is 0 Å². The fourth-order valence-corrected chi connectivity index (χ4v) is 3.18. The van der Waals surface area contributed by atoms with Gasteiger partial charge in [-0.3, -0.25) is 4.79 Å². The molecule has 120 valence electrons. The average Bonchev–Trinajstić information content (AvgIpc) is 2.50. The third-order valence-corrected chi connectivity index (χ3v) is 4.26. The number of amides is 1. The van der Waals surface area contributed by atoms with Crippen LogP contribution in [-0.4, -0.2) is 19.1 Å². The summed E-state index contributed by atoms with van der Waals surface area (Å²) in [5, 5.41) is 3.37. The summed E-state index contributed by atoms with van der Waals surface area (Å²) in [7, 11) is 0. The molecule has 4 nitrogen and oxygen atoms in total. The number of carbonyl (C=O) groups is 1. The van der Waals surface area contributed by atoms with Gasteiger partial charge in [-0.25, -0.2) is 0 Å². The van der Waals surface area contributed by atoms with Crippen LogP contribution in [0.2, 0.25) is 5.02 Å². The molecule has 0 saturated heterocycles. The molecular formula is C17H15BrClNO3. The second kappa shape index (κ2) is 6.81. The zero-order valence-corrected chi connectivity index (χ0v) is 14.8. The summed E-state index contributed by atoms with van der Waals surface area (Å²) in [4.78, 5) is 12.3. The van der Waals surface area contributed by atoms with Crippen LogP contribution >= 0.6 is 27.5 Å². The molecule has 23 heavy (non-hydrogen) atoms. The summed E-state index contributed by atoms with van der Waals surface area (Å²) >= 11 is 9.60. The Labute approximate surface area is 147 Å². The molecule has 0 spiro atoms. The van der Waals surface area contributed by atoms with Gasteiger partial charge < -0.3 is 14.8 Å². The Kier molecular flexibility index (Phi) is 4.78. The monoisotopic (exact) mass is 395 g/mol. The number of aryl methyl sites for hydroxylation is 1. The molecule has 2 aromatic rings. The second-order valence-corrected chi connectivity index (χ2v) is 6.61. The lowest BCUT2D eigenvalue weighted by atomic mass is 10.1. The van der Waals surface area contributed by atoms with Gasteiger partial charge in [0.05, 0.1) is 11.4 Å². The Hall–Kier alpha value is -1.72. The number of carbonyl (C=O) groups excluding carboxylic acids is 1. The van der Waals surface area contributed by atoms with Gasteiger partial charge in [0.2, 0.25) is 5.91 Å². The van der Waals surface area contributed by atoms with E-state index in [1.807, 2.05) is 25.1 Å². The van der Waals surface area contributed by atoms with Gasteiger partial charge in [-0.15, -0.1) is 0 Å². The molecule has 1 amide bonds. The number of benzene rings is 2. The molecule has 0 radical (unpaired) electrons. The van der Waals surface area contributed by atoms with Crippen molar-refractivity contribution in [1.82, 2.24) is 0 Å². The van der Waals surface area contributed by atoms with E-state index in [1.54, 1.807) is 12.1 Å². The number of ether oxygens (including phenoxy) is 2. The van der Waals surface area contributed by atoms with Crippen molar-refractivity contribution in [2.45, 2.75) is 13.3 Å². The second-order valence-electron chi connectivity index (χ2n) is 5.29.